The number of thiophene rings is 1. The first-order valence-electron chi connectivity index (χ1n) is 10.0. The van der Waals surface area contributed by atoms with Crippen molar-refractivity contribution in [2.24, 2.45) is 0 Å². The Morgan fingerprint density at radius 2 is 1.53 bits per heavy atom. The predicted molar refractivity (Wildman–Crippen MR) is 123 cm³/mol. The number of ether oxygens (including phenoxy) is 5. The summed E-state index contributed by atoms with van der Waals surface area (Å²) in [7, 11) is 5.66. The van der Waals surface area contributed by atoms with Crippen LogP contribution < -0.4 is 24.8 Å². The Morgan fingerprint density at radius 3 is 2.09 bits per heavy atom. The second-order valence-corrected chi connectivity index (χ2v) is 7.61. The van der Waals surface area contributed by atoms with Gasteiger partial charge in [0.1, 0.15) is 16.3 Å². The number of anilines is 1. The van der Waals surface area contributed by atoms with Crippen LogP contribution in [-0.4, -0.2) is 65.3 Å². The first-order valence-corrected chi connectivity index (χ1v) is 10.8. The van der Waals surface area contributed by atoms with Crippen LogP contribution in [0.2, 0.25) is 0 Å². The third-order valence-corrected chi connectivity index (χ3v) is 5.78. The van der Waals surface area contributed by atoms with Gasteiger partial charge < -0.3 is 34.3 Å². The number of nitrogens with one attached hydrogen (secondary N) is 2. The summed E-state index contributed by atoms with van der Waals surface area (Å²) in [6.45, 7) is 2.66. The summed E-state index contributed by atoms with van der Waals surface area (Å²) in [5, 5.41) is 5.10. The molecule has 1 heterocycles. The molecule has 0 spiro atoms. The number of esters is 2. The Balaban J connectivity index is 2.21. The molecule has 0 atom stereocenters. The van der Waals surface area contributed by atoms with Crippen molar-refractivity contribution in [1.29, 1.82) is 0 Å². The Morgan fingerprint density at radius 1 is 0.912 bits per heavy atom. The van der Waals surface area contributed by atoms with Crippen molar-refractivity contribution in [2.75, 3.05) is 46.9 Å². The molecular weight excluding hydrogens is 468 g/mol. The predicted octanol–water partition coefficient (Wildman–Crippen LogP) is 2.41. The highest BCUT2D eigenvalue weighted by Gasteiger charge is 2.27. The highest BCUT2D eigenvalue weighted by molar-refractivity contribution is 7.18. The van der Waals surface area contributed by atoms with Crippen molar-refractivity contribution in [2.45, 2.75) is 13.8 Å². The number of carbonyl (C=O) groups is 4. The molecule has 0 aliphatic carbocycles. The summed E-state index contributed by atoms with van der Waals surface area (Å²) in [5.74, 6) is -1.88. The van der Waals surface area contributed by atoms with E-state index < -0.39 is 30.4 Å². The number of rotatable bonds is 10. The van der Waals surface area contributed by atoms with Crippen LogP contribution in [0.25, 0.3) is 0 Å². The molecule has 12 heteroatoms. The van der Waals surface area contributed by atoms with Gasteiger partial charge in [0, 0.05) is 19.2 Å². The van der Waals surface area contributed by atoms with Gasteiger partial charge in [0.2, 0.25) is 0 Å². The molecule has 0 fully saturated rings. The summed E-state index contributed by atoms with van der Waals surface area (Å²) in [6, 6.07) is 2.82. The zero-order valence-corrected chi connectivity index (χ0v) is 20.5. The third-order valence-electron chi connectivity index (χ3n) is 4.57. The molecule has 0 bridgehead atoms. The average molecular weight is 495 g/mol. The van der Waals surface area contributed by atoms with Gasteiger partial charge in [0.25, 0.3) is 11.8 Å². The molecule has 0 unspecified atom stereocenters. The number of hydrogen-bond donors (Lipinski definition) is 2. The van der Waals surface area contributed by atoms with Crippen LogP contribution in [0.15, 0.2) is 12.1 Å². The molecule has 2 amide bonds. The van der Waals surface area contributed by atoms with Gasteiger partial charge in [-0.05, 0) is 19.4 Å². The normalized spacial score (nSPS) is 10.2. The van der Waals surface area contributed by atoms with Crippen LogP contribution in [0.1, 0.15) is 42.9 Å². The SMILES string of the molecule is CCOC(=O)c1c(NC(=O)COC(=O)c2cc(OC)c(OC)cc2OC)sc(C(=O)NC)c1C. The average Bonchev–Trinajstić information content (AvgIpc) is 3.16. The molecule has 184 valence electrons. The first-order chi connectivity index (χ1) is 16.2. The summed E-state index contributed by atoms with van der Waals surface area (Å²) < 4.78 is 25.7. The van der Waals surface area contributed by atoms with E-state index in [-0.39, 0.29) is 39.1 Å². The third kappa shape index (κ3) is 5.76. The maximum atomic E-state index is 12.6. The van der Waals surface area contributed by atoms with E-state index in [4.69, 9.17) is 23.7 Å². The lowest BCUT2D eigenvalue weighted by molar-refractivity contribution is -0.119. The van der Waals surface area contributed by atoms with Gasteiger partial charge >= 0.3 is 11.9 Å². The minimum atomic E-state index is -0.841. The summed E-state index contributed by atoms with van der Waals surface area (Å²) in [4.78, 5) is 49.9. The molecule has 11 nitrogen and oxygen atoms in total. The second-order valence-electron chi connectivity index (χ2n) is 6.59. The second kappa shape index (κ2) is 11.9. The monoisotopic (exact) mass is 494 g/mol. The highest BCUT2D eigenvalue weighted by atomic mass is 32.1. The van der Waals surface area contributed by atoms with Crippen molar-refractivity contribution in [3.63, 3.8) is 0 Å². The van der Waals surface area contributed by atoms with Crippen LogP contribution in [0.4, 0.5) is 5.00 Å². The number of methoxy groups -OCH3 is 3. The van der Waals surface area contributed by atoms with Crippen molar-refractivity contribution in [3.8, 4) is 17.2 Å². The van der Waals surface area contributed by atoms with E-state index >= 15 is 0 Å². The lowest BCUT2D eigenvalue weighted by atomic mass is 10.1. The maximum Gasteiger partial charge on any atom is 0.342 e. The van der Waals surface area contributed by atoms with E-state index in [0.29, 0.717) is 11.3 Å². The van der Waals surface area contributed by atoms with Crippen molar-refractivity contribution in [1.82, 2.24) is 5.32 Å². The van der Waals surface area contributed by atoms with Crippen LogP contribution in [0, 0.1) is 6.92 Å². The van der Waals surface area contributed by atoms with Crippen LogP contribution >= 0.6 is 11.3 Å². The Bertz CT molecular complexity index is 1090. The lowest BCUT2D eigenvalue weighted by Gasteiger charge is -2.13. The number of hydrogen-bond acceptors (Lipinski definition) is 10. The van der Waals surface area contributed by atoms with Crippen LogP contribution in [0.3, 0.4) is 0 Å². The van der Waals surface area contributed by atoms with Gasteiger partial charge in [0.15, 0.2) is 18.1 Å². The van der Waals surface area contributed by atoms with Crippen molar-refractivity contribution in [3.05, 3.63) is 33.7 Å². The number of carbonyl (C=O) groups excluding carboxylic acids is 4. The summed E-state index contributed by atoms with van der Waals surface area (Å²) >= 11 is 0.911. The fourth-order valence-electron chi connectivity index (χ4n) is 2.94. The molecule has 2 aromatic rings. The Kier molecular flexibility index (Phi) is 9.25. The van der Waals surface area contributed by atoms with Gasteiger partial charge in [-0.15, -0.1) is 11.3 Å². The van der Waals surface area contributed by atoms with E-state index in [0.717, 1.165) is 11.3 Å². The van der Waals surface area contributed by atoms with Crippen molar-refractivity contribution >= 4 is 40.1 Å². The maximum absolute atomic E-state index is 12.6. The zero-order chi connectivity index (χ0) is 25.4. The highest BCUT2D eigenvalue weighted by Crippen LogP contribution is 2.35. The van der Waals surface area contributed by atoms with Gasteiger partial charge in [-0.1, -0.05) is 0 Å². The smallest absolute Gasteiger partial charge is 0.342 e. The van der Waals surface area contributed by atoms with E-state index in [1.165, 1.54) is 40.5 Å². The van der Waals surface area contributed by atoms with Gasteiger partial charge in [-0.2, -0.15) is 0 Å². The fourth-order valence-corrected chi connectivity index (χ4v) is 4.10. The Hall–Kier alpha value is -3.80. The number of benzene rings is 1. The molecule has 0 aliphatic heterocycles. The fraction of sp³-hybridized carbons (Fsp3) is 0.364. The molecule has 0 aliphatic rings. The van der Waals surface area contributed by atoms with E-state index in [9.17, 15) is 19.2 Å². The zero-order valence-electron chi connectivity index (χ0n) is 19.7. The van der Waals surface area contributed by atoms with Gasteiger partial charge in [-0.3, -0.25) is 9.59 Å². The van der Waals surface area contributed by atoms with Gasteiger partial charge in [0.05, 0.1) is 38.4 Å². The number of amides is 2. The molecule has 0 saturated carbocycles. The molecule has 1 aromatic carbocycles. The minimum Gasteiger partial charge on any atom is -0.496 e. The van der Waals surface area contributed by atoms with Gasteiger partial charge in [-0.25, -0.2) is 9.59 Å². The summed E-state index contributed by atoms with van der Waals surface area (Å²) in [6.07, 6.45) is 0. The standard InChI is InChI=1S/C22H26N2O9S/c1-7-32-22(28)17-11(2)18(19(26)23-3)34-20(17)24-16(25)10-33-21(27)12-8-14(30-5)15(31-6)9-13(12)29-4/h8-9H,7,10H2,1-6H3,(H,23,26)(H,24,25). The molecular formula is C22H26N2O9S. The van der Waals surface area contributed by atoms with Crippen LogP contribution in [0.5, 0.6) is 17.2 Å². The van der Waals surface area contributed by atoms with Crippen LogP contribution in [-0.2, 0) is 14.3 Å². The van der Waals surface area contributed by atoms with E-state index in [1.54, 1.807) is 13.8 Å². The largest absolute Gasteiger partial charge is 0.496 e. The molecule has 34 heavy (non-hydrogen) atoms. The molecule has 0 saturated heterocycles. The molecule has 2 N–H and O–H groups in total. The Labute approximate surface area is 200 Å². The molecule has 1 aromatic heterocycles. The molecule has 2 rings (SSSR count). The topological polar surface area (TPSA) is 138 Å². The minimum absolute atomic E-state index is 0.0223. The van der Waals surface area contributed by atoms with E-state index in [2.05, 4.69) is 10.6 Å². The van der Waals surface area contributed by atoms with E-state index in [1.807, 2.05) is 0 Å². The first kappa shape index (κ1) is 26.5. The summed E-state index contributed by atoms with van der Waals surface area (Å²) in [5.41, 5.74) is 0.450. The molecule has 0 radical (unpaired) electrons. The quantitative estimate of drug-likeness (QED) is 0.477. The van der Waals surface area contributed by atoms with Crippen molar-refractivity contribution < 1.29 is 42.9 Å². The lowest BCUT2D eigenvalue weighted by Crippen LogP contribution is -2.22.